The Bertz CT molecular complexity index is 467. The third-order valence-electron chi connectivity index (χ3n) is 3.75. The molecule has 2 unspecified atom stereocenters. The van der Waals surface area contributed by atoms with E-state index in [1.165, 1.54) is 0 Å². The number of benzene rings is 1. The summed E-state index contributed by atoms with van der Waals surface area (Å²) < 4.78 is 24.5. The van der Waals surface area contributed by atoms with Crippen LogP contribution in [0.5, 0.6) is 0 Å². The summed E-state index contributed by atoms with van der Waals surface area (Å²) in [6.45, 7) is 3.00. The molecule has 0 aromatic heterocycles. The summed E-state index contributed by atoms with van der Waals surface area (Å²) in [4.78, 5) is 12.7. The van der Waals surface area contributed by atoms with Gasteiger partial charge in [-0.2, -0.15) is 8.78 Å². The molecule has 3 nitrogen and oxygen atoms in total. The Kier molecular flexibility index (Phi) is 5.99. The molecule has 1 aromatic carbocycles. The molecule has 21 heavy (non-hydrogen) atoms. The van der Waals surface area contributed by atoms with Crippen LogP contribution in [0.3, 0.4) is 0 Å². The summed E-state index contributed by atoms with van der Waals surface area (Å²) in [7, 11) is 0. The van der Waals surface area contributed by atoms with E-state index in [4.69, 9.17) is 0 Å². The lowest BCUT2D eigenvalue weighted by Crippen LogP contribution is -2.46. The highest BCUT2D eigenvalue weighted by Crippen LogP contribution is 2.26. The smallest absolute Gasteiger partial charge is 0.288 e. The minimum absolute atomic E-state index is 0.0533. The second kappa shape index (κ2) is 7.75. The zero-order chi connectivity index (χ0) is 15.2. The first kappa shape index (κ1) is 16.2. The van der Waals surface area contributed by atoms with Crippen molar-refractivity contribution in [3.05, 3.63) is 24.3 Å². The summed E-state index contributed by atoms with van der Waals surface area (Å²) in [5.41, 5.74) is 0.638. The minimum Gasteiger partial charge on any atom is -0.325 e. The van der Waals surface area contributed by atoms with Crippen molar-refractivity contribution in [1.29, 1.82) is 0 Å². The quantitative estimate of drug-likeness (QED) is 0.814. The molecule has 0 aliphatic carbocycles. The minimum atomic E-state index is -2.43. The van der Waals surface area contributed by atoms with Crippen molar-refractivity contribution in [1.82, 2.24) is 5.32 Å². The van der Waals surface area contributed by atoms with E-state index in [0.29, 0.717) is 28.3 Å². The zero-order valence-electron chi connectivity index (χ0n) is 11.9. The summed E-state index contributed by atoms with van der Waals surface area (Å²) in [6, 6.07) is 6.33. The predicted octanol–water partition coefficient (Wildman–Crippen LogP) is 3.72. The highest BCUT2D eigenvalue weighted by molar-refractivity contribution is 7.99. The second-order valence-corrected chi connectivity index (χ2v) is 6.26. The number of amides is 1. The normalized spacial score (nSPS) is 22.3. The zero-order valence-corrected chi connectivity index (χ0v) is 12.8. The lowest BCUT2D eigenvalue weighted by atomic mass is 9.90. The van der Waals surface area contributed by atoms with Crippen molar-refractivity contribution < 1.29 is 13.6 Å². The summed E-state index contributed by atoms with van der Waals surface area (Å²) in [5, 5.41) is 6.06. The van der Waals surface area contributed by atoms with Crippen LogP contribution < -0.4 is 10.6 Å². The average molecular weight is 314 g/mol. The topological polar surface area (TPSA) is 41.1 Å². The molecule has 2 atom stereocenters. The van der Waals surface area contributed by atoms with Crippen LogP contribution >= 0.6 is 11.8 Å². The Labute approximate surface area is 127 Å². The summed E-state index contributed by atoms with van der Waals surface area (Å²) in [5.74, 6) is -1.89. The standard InChI is InChI=1S/C15H20F2N2OS/c1-2-10-7-8-18-13(9-10)14(20)19-11-3-5-12(6-4-11)21-15(16)17/h3-6,10,13,15,18H,2,7-9H2,1H3,(H,19,20). The third-order valence-corrected chi connectivity index (χ3v) is 4.48. The molecule has 1 aromatic rings. The Morgan fingerprint density at radius 3 is 2.76 bits per heavy atom. The maximum atomic E-state index is 12.2. The molecule has 0 spiro atoms. The average Bonchev–Trinajstić information content (AvgIpc) is 2.49. The van der Waals surface area contributed by atoms with Gasteiger partial charge in [0.05, 0.1) is 6.04 Å². The third kappa shape index (κ3) is 4.97. The van der Waals surface area contributed by atoms with Crippen molar-refractivity contribution in [3.8, 4) is 0 Å². The highest BCUT2D eigenvalue weighted by atomic mass is 32.2. The van der Waals surface area contributed by atoms with Gasteiger partial charge >= 0.3 is 0 Å². The largest absolute Gasteiger partial charge is 0.325 e. The number of anilines is 1. The molecule has 2 rings (SSSR count). The molecule has 1 saturated heterocycles. The lowest BCUT2D eigenvalue weighted by molar-refractivity contribution is -0.119. The number of nitrogens with one attached hydrogen (secondary N) is 2. The number of hydrogen-bond donors (Lipinski definition) is 2. The summed E-state index contributed by atoms with van der Waals surface area (Å²) >= 11 is 0.499. The molecule has 116 valence electrons. The Morgan fingerprint density at radius 2 is 2.14 bits per heavy atom. The predicted molar refractivity (Wildman–Crippen MR) is 81.7 cm³/mol. The van der Waals surface area contributed by atoms with Crippen molar-refractivity contribution in [2.75, 3.05) is 11.9 Å². The van der Waals surface area contributed by atoms with Gasteiger partial charge in [-0.3, -0.25) is 4.79 Å². The second-order valence-electron chi connectivity index (χ2n) is 5.20. The number of piperidine rings is 1. The van der Waals surface area contributed by atoms with E-state index in [-0.39, 0.29) is 11.9 Å². The number of carbonyl (C=O) groups excluding carboxylic acids is 1. The van der Waals surface area contributed by atoms with Gasteiger partial charge in [0.15, 0.2) is 0 Å². The number of alkyl halides is 2. The number of halogens is 2. The van der Waals surface area contributed by atoms with Gasteiger partial charge in [-0.05, 0) is 49.6 Å². The van der Waals surface area contributed by atoms with Gasteiger partial charge in [0.1, 0.15) is 0 Å². The van der Waals surface area contributed by atoms with Crippen LogP contribution in [-0.2, 0) is 4.79 Å². The molecule has 1 amide bonds. The van der Waals surface area contributed by atoms with Gasteiger partial charge in [0.2, 0.25) is 5.91 Å². The maximum Gasteiger partial charge on any atom is 0.288 e. The molecular formula is C15H20F2N2OS. The number of carbonyl (C=O) groups is 1. The van der Waals surface area contributed by atoms with Crippen LogP contribution in [0.25, 0.3) is 0 Å². The molecule has 2 N–H and O–H groups in total. The fraction of sp³-hybridized carbons (Fsp3) is 0.533. The Morgan fingerprint density at radius 1 is 1.43 bits per heavy atom. The Balaban J connectivity index is 1.90. The molecule has 0 bridgehead atoms. The number of rotatable bonds is 5. The first-order chi connectivity index (χ1) is 10.1. The fourth-order valence-corrected chi connectivity index (χ4v) is 3.01. The summed E-state index contributed by atoms with van der Waals surface area (Å²) in [6.07, 6.45) is 3.05. The molecule has 1 fully saturated rings. The van der Waals surface area contributed by atoms with Crippen molar-refractivity contribution in [2.45, 2.75) is 42.9 Å². The molecule has 1 aliphatic heterocycles. The van der Waals surface area contributed by atoms with E-state index in [2.05, 4.69) is 17.6 Å². The molecule has 6 heteroatoms. The van der Waals surface area contributed by atoms with Crippen molar-refractivity contribution in [2.24, 2.45) is 5.92 Å². The number of thioether (sulfide) groups is 1. The number of hydrogen-bond acceptors (Lipinski definition) is 3. The van der Waals surface area contributed by atoms with Crippen LogP contribution in [0.4, 0.5) is 14.5 Å². The maximum absolute atomic E-state index is 12.2. The van der Waals surface area contributed by atoms with E-state index in [1.807, 2.05) is 0 Å². The monoisotopic (exact) mass is 314 g/mol. The molecular weight excluding hydrogens is 294 g/mol. The lowest BCUT2D eigenvalue weighted by Gasteiger charge is -2.28. The molecule has 0 radical (unpaired) electrons. The van der Waals surface area contributed by atoms with Gasteiger partial charge in [-0.25, -0.2) is 0 Å². The SMILES string of the molecule is CCC1CCNC(C(=O)Nc2ccc(SC(F)F)cc2)C1. The molecule has 0 saturated carbocycles. The van der Waals surface area contributed by atoms with Gasteiger partial charge < -0.3 is 10.6 Å². The highest BCUT2D eigenvalue weighted by Gasteiger charge is 2.25. The van der Waals surface area contributed by atoms with Crippen molar-refractivity contribution in [3.63, 3.8) is 0 Å². The molecule has 1 aliphatic rings. The van der Waals surface area contributed by atoms with E-state index in [1.54, 1.807) is 24.3 Å². The molecule has 1 heterocycles. The van der Waals surface area contributed by atoms with Gasteiger partial charge in [-0.1, -0.05) is 25.1 Å². The first-order valence-corrected chi connectivity index (χ1v) is 8.05. The van der Waals surface area contributed by atoms with E-state index in [0.717, 1.165) is 25.8 Å². The van der Waals surface area contributed by atoms with E-state index >= 15 is 0 Å². The Hall–Kier alpha value is -1.14. The van der Waals surface area contributed by atoms with Crippen LogP contribution in [0.1, 0.15) is 26.2 Å². The van der Waals surface area contributed by atoms with E-state index < -0.39 is 5.76 Å². The van der Waals surface area contributed by atoms with Crippen LogP contribution in [0.2, 0.25) is 0 Å². The van der Waals surface area contributed by atoms with Gasteiger partial charge in [0, 0.05) is 10.6 Å². The van der Waals surface area contributed by atoms with E-state index in [9.17, 15) is 13.6 Å². The van der Waals surface area contributed by atoms with Gasteiger partial charge in [-0.15, -0.1) is 0 Å². The van der Waals surface area contributed by atoms with Crippen molar-refractivity contribution >= 4 is 23.4 Å². The van der Waals surface area contributed by atoms with Crippen LogP contribution in [-0.4, -0.2) is 24.3 Å². The van der Waals surface area contributed by atoms with Gasteiger partial charge in [0.25, 0.3) is 5.76 Å². The first-order valence-electron chi connectivity index (χ1n) is 7.17. The van der Waals surface area contributed by atoms with Crippen LogP contribution in [0.15, 0.2) is 29.2 Å². The fourth-order valence-electron chi connectivity index (χ4n) is 2.52. The van der Waals surface area contributed by atoms with Crippen LogP contribution in [0, 0.1) is 5.92 Å².